The first-order chi connectivity index (χ1) is 17.6. The number of hydrogen-bond donors (Lipinski definition) is 2. The molecule has 0 radical (unpaired) electrons. The molecule has 2 N–H and O–H groups in total. The van der Waals surface area contributed by atoms with Crippen LogP contribution in [-0.2, 0) is 14.8 Å². The number of sulfonamides is 1. The van der Waals surface area contributed by atoms with Gasteiger partial charge in [0.2, 0.25) is 10.0 Å². The fourth-order valence-corrected chi connectivity index (χ4v) is 10.7. The summed E-state index contributed by atoms with van der Waals surface area (Å²) in [6.45, 7) is 7.58. The lowest BCUT2D eigenvalue weighted by atomic mass is 9.48. The lowest BCUT2D eigenvalue weighted by Gasteiger charge is -2.57. The van der Waals surface area contributed by atoms with Gasteiger partial charge in [0.15, 0.2) is 0 Å². The summed E-state index contributed by atoms with van der Waals surface area (Å²) in [5.41, 5.74) is -0.142. The van der Waals surface area contributed by atoms with E-state index in [4.69, 9.17) is 4.74 Å². The zero-order valence-electron chi connectivity index (χ0n) is 22.7. The molecule has 0 spiro atoms. The third kappa shape index (κ3) is 5.00. The zero-order chi connectivity index (χ0) is 26.4. The summed E-state index contributed by atoms with van der Waals surface area (Å²) in [5, 5.41) is 20.3. The molecule has 204 valence electrons. The first-order valence-electron chi connectivity index (χ1n) is 14.4. The monoisotopic (exact) mass is 528 g/mol. The second-order valence-electron chi connectivity index (χ2n) is 12.8. The number of benzene rings is 1. The van der Waals surface area contributed by atoms with Gasteiger partial charge in [0.25, 0.3) is 0 Å². The summed E-state index contributed by atoms with van der Waals surface area (Å²) >= 11 is 0. The van der Waals surface area contributed by atoms with Crippen molar-refractivity contribution in [2.75, 3.05) is 13.2 Å². The van der Waals surface area contributed by atoms with Gasteiger partial charge in [0, 0.05) is 12.6 Å². The first kappa shape index (κ1) is 27.1. The Balaban J connectivity index is 1.27. The molecule has 4 aliphatic rings. The van der Waals surface area contributed by atoms with Crippen molar-refractivity contribution >= 4 is 10.0 Å². The van der Waals surface area contributed by atoms with Crippen LogP contribution in [0.25, 0.3) is 0 Å². The number of ether oxygens (including phenoxy) is 1. The van der Waals surface area contributed by atoms with Crippen LogP contribution in [0.1, 0.15) is 84.1 Å². The molecule has 1 unspecified atom stereocenters. The Morgan fingerprint density at radius 1 is 1.14 bits per heavy atom. The molecule has 4 aliphatic carbocycles. The van der Waals surface area contributed by atoms with Crippen LogP contribution in [0.5, 0.6) is 0 Å². The Morgan fingerprint density at radius 2 is 1.92 bits per heavy atom. The highest BCUT2D eigenvalue weighted by Gasteiger charge is 2.58. The second kappa shape index (κ2) is 10.3. The SMILES string of the molecule is CCOC[C@@]1(O)CC[C@H]2[C@H](CC[C@@H]3[C@@H]2CC[C@]2(C)C([C@@H](C)NS(=O)(=O)c4cccc(C#N)c4)CC[C@@H]32)C1. The van der Waals surface area contributed by atoms with Gasteiger partial charge < -0.3 is 9.84 Å². The van der Waals surface area contributed by atoms with E-state index in [0.717, 1.165) is 43.9 Å². The molecule has 0 saturated heterocycles. The summed E-state index contributed by atoms with van der Waals surface area (Å²) < 4.78 is 35.0. The molecular formula is C30H44N2O4S. The molecule has 1 aromatic carbocycles. The van der Waals surface area contributed by atoms with Gasteiger partial charge in [-0.25, -0.2) is 13.1 Å². The fraction of sp³-hybridized carbons (Fsp3) is 0.767. The summed E-state index contributed by atoms with van der Waals surface area (Å²) in [6, 6.07) is 8.17. The van der Waals surface area contributed by atoms with Gasteiger partial charge in [-0.3, -0.25) is 0 Å². The van der Waals surface area contributed by atoms with Gasteiger partial charge in [-0.05, 0) is 131 Å². The van der Waals surface area contributed by atoms with Crippen molar-refractivity contribution < 1.29 is 18.3 Å². The van der Waals surface area contributed by atoms with Crippen molar-refractivity contribution in [1.82, 2.24) is 4.72 Å². The average Bonchev–Trinajstić information content (AvgIpc) is 3.24. The van der Waals surface area contributed by atoms with Gasteiger partial charge in [-0.1, -0.05) is 13.0 Å². The van der Waals surface area contributed by atoms with Gasteiger partial charge in [0.1, 0.15) is 0 Å². The Morgan fingerprint density at radius 3 is 2.68 bits per heavy atom. The van der Waals surface area contributed by atoms with Gasteiger partial charge in [0.05, 0.1) is 28.7 Å². The van der Waals surface area contributed by atoms with Crippen LogP contribution in [0.2, 0.25) is 0 Å². The van der Waals surface area contributed by atoms with Gasteiger partial charge in [-0.2, -0.15) is 5.26 Å². The first-order valence-corrected chi connectivity index (χ1v) is 15.9. The number of nitrogens with one attached hydrogen (secondary N) is 1. The highest BCUT2D eigenvalue weighted by molar-refractivity contribution is 7.89. The minimum Gasteiger partial charge on any atom is -0.387 e. The molecule has 7 heteroatoms. The molecule has 6 nitrogen and oxygen atoms in total. The van der Waals surface area contributed by atoms with Crippen molar-refractivity contribution in [3.05, 3.63) is 29.8 Å². The second-order valence-corrected chi connectivity index (χ2v) is 14.5. The average molecular weight is 529 g/mol. The maximum absolute atomic E-state index is 13.2. The summed E-state index contributed by atoms with van der Waals surface area (Å²) in [5.74, 6) is 3.75. The number of fused-ring (bicyclic) bond motifs is 5. The molecule has 0 aromatic heterocycles. The van der Waals surface area contributed by atoms with E-state index in [1.54, 1.807) is 18.2 Å². The molecule has 0 heterocycles. The standard InChI is InChI=1S/C30H44N2O4S/c1-4-36-19-30(33)15-13-24-22(17-30)8-9-26-25(24)12-14-29(3)27(10-11-28(26)29)20(2)32-37(34,35)23-7-5-6-21(16-23)18-31/h5-7,16,20,22,24-28,32-33H,4,8-15,17,19H2,1-3H3/t20-,22-,24+,25-,26-,27?,28+,29-,30-/m1/s1. The molecule has 0 bridgehead atoms. The molecule has 4 saturated carbocycles. The van der Waals surface area contributed by atoms with Crippen LogP contribution in [0.3, 0.4) is 0 Å². The number of rotatable bonds is 7. The third-order valence-electron chi connectivity index (χ3n) is 11.0. The molecule has 5 rings (SSSR count). The van der Waals surface area contributed by atoms with E-state index < -0.39 is 15.6 Å². The lowest BCUT2D eigenvalue weighted by Crippen LogP contribution is -2.53. The molecule has 1 aromatic rings. The summed E-state index contributed by atoms with van der Waals surface area (Å²) in [7, 11) is -3.69. The van der Waals surface area contributed by atoms with E-state index in [1.165, 1.54) is 31.7 Å². The Hall–Kier alpha value is -1.46. The zero-order valence-corrected chi connectivity index (χ0v) is 23.5. The van der Waals surface area contributed by atoms with Crippen molar-refractivity contribution in [3.8, 4) is 6.07 Å². The fourth-order valence-electron chi connectivity index (χ4n) is 9.38. The molecule has 9 atom stereocenters. The number of nitriles is 1. The minimum absolute atomic E-state index is 0.148. The van der Waals surface area contributed by atoms with Crippen LogP contribution < -0.4 is 4.72 Å². The van der Waals surface area contributed by atoms with E-state index in [-0.39, 0.29) is 16.4 Å². The van der Waals surface area contributed by atoms with E-state index in [9.17, 15) is 18.8 Å². The minimum atomic E-state index is -3.69. The van der Waals surface area contributed by atoms with Crippen LogP contribution in [0.4, 0.5) is 0 Å². The maximum Gasteiger partial charge on any atom is 0.240 e. The highest BCUT2D eigenvalue weighted by Crippen LogP contribution is 2.65. The van der Waals surface area contributed by atoms with Crippen molar-refractivity contribution in [2.24, 2.45) is 40.9 Å². The molecule has 4 fully saturated rings. The van der Waals surface area contributed by atoms with E-state index in [0.29, 0.717) is 42.4 Å². The van der Waals surface area contributed by atoms with Crippen LogP contribution in [-0.4, -0.2) is 38.4 Å². The quantitative estimate of drug-likeness (QED) is 0.503. The van der Waals surface area contributed by atoms with E-state index >= 15 is 0 Å². The predicted octanol–water partition coefficient (Wildman–Crippen LogP) is 5.26. The van der Waals surface area contributed by atoms with E-state index in [1.807, 2.05) is 19.9 Å². The topological polar surface area (TPSA) is 99.4 Å². The summed E-state index contributed by atoms with van der Waals surface area (Å²) in [4.78, 5) is 0.168. The normalized spacial score (nSPS) is 40.2. The predicted molar refractivity (Wildman–Crippen MR) is 143 cm³/mol. The van der Waals surface area contributed by atoms with Crippen LogP contribution in [0.15, 0.2) is 29.2 Å². The lowest BCUT2D eigenvalue weighted by molar-refractivity contribution is -0.128. The molecule has 0 amide bonds. The number of aliphatic hydroxyl groups is 1. The Kier molecular flexibility index (Phi) is 7.52. The molecule has 37 heavy (non-hydrogen) atoms. The Bertz CT molecular complexity index is 1130. The van der Waals surface area contributed by atoms with Gasteiger partial charge in [-0.15, -0.1) is 0 Å². The van der Waals surface area contributed by atoms with Crippen molar-refractivity contribution in [2.45, 2.75) is 95.1 Å². The third-order valence-corrected chi connectivity index (χ3v) is 12.5. The van der Waals surface area contributed by atoms with E-state index in [2.05, 4.69) is 11.6 Å². The van der Waals surface area contributed by atoms with Crippen LogP contribution >= 0.6 is 0 Å². The van der Waals surface area contributed by atoms with Crippen molar-refractivity contribution in [3.63, 3.8) is 0 Å². The van der Waals surface area contributed by atoms with Crippen LogP contribution in [0, 0.1) is 52.3 Å². The Labute approximate surface area is 223 Å². The highest BCUT2D eigenvalue weighted by atomic mass is 32.2. The van der Waals surface area contributed by atoms with Crippen molar-refractivity contribution in [1.29, 1.82) is 5.26 Å². The molecule has 0 aliphatic heterocycles. The molecular weight excluding hydrogens is 484 g/mol. The smallest absolute Gasteiger partial charge is 0.240 e. The maximum atomic E-state index is 13.2. The summed E-state index contributed by atoms with van der Waals surface area (Å²) in [6.07, 6.45) is 9.93. The number of hydrogen-bond acceptors (Lipinski definition) is 5. The van der Waals surface area contributed by atoms with Gasteiger partial charge >= 0.3 is 0 Å². The largest absolute Gasteiger partial charge is 0.387 e. The number of nitrogens with zero attached hydrogens (tertiary/aromatic N) is 1.